The van der Waals surface area contributed by atoms with Gasteiger partial charge in [-0.15, -0.1) is 0 Å². The largest absolute Gasteiger partial charge is 0.497 e. The molecule has 0 saturated carbocycles. The third kappa shape index (κ3) is 4.33. The van der Waals surface area contributed by atoms with Crippen molar-refractivity contribution in [1.29, 1.82) is 0 Å². The Morgan fingerprint density at radius 1 is 1.11 bits per heavy atom. The highest BCUT2D eigenvalue weighted by atomic mass is 16.6. The van der Waals surface area contributed by atoms with E-state index in [4.69, 9.17) is 23.9 Å². The number of carbonyl (C=O) groups excluding carboxylic acids is 1. The van der Waals surface area contributed by atoms with Gasteiger partial charge in [0.05, 0.1) is 18.1 Å². The number of nitrogens with zero attached hydrogens (tertiary/aromatic N) is 4. The number of piperazine rings is 1. The summed E-state index contributed by atoms with van der Waals surface area (Å²) in [5.74, 6) is 2.08. The molecule has 1 fully saturated rings. The number of aromatic amines is 1. The Labute approximate surface area is 207 Å². The number of H-pyrrole nitrogens is 1. The van der Waals surface area contributed by atoms with E-state index in [1.54, 1.807) is 13.3 Å². The molecule has 6 rings (SSSR count). The summed E-state index contributed by atoms with van der Waals surface area (Å²) in [6.45, 7) is 2.90. The second kappa shape index (κ2) is 9.29. The van der Waals surface area contributed by atoms with E-state index in [0.717, 1.165) is 54.2 Å². The van der Waals surface area contributed by atoms with Gasteiger partial charge in [-0.2, -0.15) is 0 Å². The van der Waals surface area contributed by atoms with Gasteiger partial charge in [-0.05, 0) is 30.5 Å². The van der Waals surface area contributed by atoms with Gasteiger partial charge in [-0.3, -0.25) is 0 Å². The average molecular weight is 488 g/mol. The molecule has 1 aliphatic carbocycles. The lowest BCUT2D eigenvalue weighted by Crippen LogP contribution is -2.44. The zero-order valence-corrected chi connectivity index (χ0v) is 19.8. The number of ether oxygens (including phenoxy) is 4. The number of esters is 1. The highest BCUT2D eigenvalue weighted by molar-refractivity contribution is 6.10. The molecular formula is C26H25N5O5. The monoisotopic (exact) mass is 487 g/mol. The van der Waals surface area contributed by atoms with Crippen LogP contribution >= 0.6 is 0 Å². The highest BCUT2D eigenvalue weighted by Crippen LogP contribution is 2.27. The first-order valence-corrected chi connectivity index (χ1v) is 11.8. The summed E-state index contributed by atoms with van der Waals surface area (Å²) in [4.78, 5) is 29.1. The van der Waals surface area contributed by atoms with E-state index < -0.39 is 5.97 Å². The molecule has 0 bridgehead atoms. The Morgan fingerprint density at radius 2 is 1.94 bits per heavy atom. The van der Waals surface area contributed by atoms with Gasteiger partial charge in [0.25, 0.3) is 5.90 Å². The predicted octanol–water partition coefficient (Wildman–Crippen LogP) is 3.50. The normalized spacial score (nSPS) is 20.9. The summed E-state index contributed by atoms with van der Waals surface area (Å²) in [6.07, 6.45) is 12.6. The number of anilines is 1. The molecule has 1 saturated heterocycles. The number of cyclic esters (lactones) is 1. The van der Waals surface area contributed by atoms with E-state index in [2.05, 4.69) is 25.9 Å². The first kappa shape index (κ1) is 22.0. The summed E-state index contributed by atoms with van der Waals surface area (Å²) >= 11 is 0. The number of aliphatic imine (C=N–C) groups is 1. The molecule has 1 aromatic carbocycles. The van der Waals surface area contributed by atoms with Crippen molar-refractivity contribution in [3.05, 3.63) is 77.9 Å². The highest BCUT2D eigenvalue weighted by Gasteiger charge is 2.30. The van der Waals surface area contributed by atoms with Crippen LogP contribution in [0.5, 0.6) is 5.75 Å². The van der Waals surface area contributed by atoms with Gasteiger partial charge in [-0.25, -0.2) is 14.8 Å². The molecule has 10 nitrogen and oxygen atoms in total. The van der Waals surface area contributed by atoms with Crippen LogP contribution in [0, 0.1) is 0 Å². The van der Waals surface area contributed by atoms with Gasteiger partial charge in [0, 0.05) is 38.4 Å². The molecule has 4 aliphatic rings. The number of fused-ring (bicyclic) bond motifs is 1. The maximum atomic E-state index is 12.4. The second-order valence-corrected chi connectivity index (χ2v) is 8.65. The fourth-order valence-corrected chi connectivity index (χ4v) is 4.34. The predicted molar refractivity (Wildman–Crippen MR) is 133 cm³/mol. The molecule has 0 atom stereocenters. The number of methoxy groups -OCH3 is 1. The van der Waals surface area contributed by atoms with E-state index in [9.17, 15) is 4.79 Å². The van der Waals surface area contributed by atoms with Crippen molar-refractivity contribution in [1.82, 2.24) is 14.9 Å². The topological polar surface area (TPSA) is 102 Å². The molecule has 1 N–H and O–H groups in total. The van der Waals surface area contributed by atoms with E-state index in [1.165, 1.54) is 12.5 Å². The van der Waals surface area contributed by atoms with Crippen molar-refractivity contribution in [3.8, 4) is 5.75 Å². The lowest BCUT2D eigenvalue weighted by Gasteiger charge is -2.33. The summed E-state index contributed by atoms with van der Waals surface area (Å²) < 4.78 is 22.0. The maximum absolute atomic E-state index is 12.4. The summed E-state index contributed by atoms with van der Waals surface area (Å²) in [6, 6.07) is 5.77. The molecule has 0 amide bonds. The Hall–Kier alpha value is -4.47. The van der Waals surface area contributed by atoms with Crippen molar-refractivity contribution in [2.45, 2.75) is 12.8 Å². The molecule has 184 valence electrons. The van der Waals surface area contributed by atoms with Crippen LogP contribution in [0.15, 0.2) is 82.9 Å². The lowest BCUT2D eigenvalue weighted by atomic mass is 10.0. The fraction of sp³-hybridized carbons (Fsp3) is 0.269. The quantitative estimate of drug-likeness (QED) is 0.505. The van der Waals surface area contributed by atoms with Crippen LogP contribution in [0.2, 0.25) is 0 Å². The first-order chi connectivity index (χ1) is 17.7. The van der Waals surface area contributed by atoms with Crippen molar-refractivity contribution in [3.63, 3.8) is 0 Å². The molecule has 3 aliphatic heterocycles. The Kier molecular flexibility index (Phi) is 5.68. The number of allylic oxidation sites excluding steroid dienone is 4. The molecule has 10 heteroatoms. The van der Waals surface area contributed by atoms with E-state index in [-0.39, 0.29) is 17.4 Å². The zero-order chi connectivity index (χ0) is 24.5. The number of rotatable bonds is 5. The van der Waals surface area contributed by atoms with Crippen LogP contribution in [-0.2, 0) is 19.0 Å². The van der Waals surface area contributed by atoms with Crippen molar-refractivity contribution < 1.29 is 23.7 Å². The summed E-state index contributed by atoms with van der Waals surface area (Å²) in [5.41, 5.74) is 3.11. The number of carbonyl (C=O) groups is 1. The van der Waals surface area contributed by atoms with Gasteiger partial charge in [0.15, 0.2) is 11.5 Å². The molecule has 4 heterocycles. The fourth-order valence-electron chi connectivity index (χ4n) is 4.34. The molecule has 0 spiro atoms. The summed E-state index contributed by atoms with van der Waals surface area (Å²) in [5, 5.41) is 0. The van der Waals surface area contributed by atoms with Crippen molar-refractivity contribution in [2.75, 3.05) is 38.2 Å². The van der Waals surface area contributed by atoms with E-state index in [0.29, 0.717) is 18.8 Å². The number of imidazole rings is 1. The molecular weight excluding hydrogens is 462 g/mol. The SMILES string of the molecule is COc1ccc2nc(N3CCN(C=C4N=C(C5=COC(C6=CC=CCC6)=CO5)OC4=O)CC3)[nH]c2c1. The van der Waals surface area contributed by atoms with Crippen molar-refractivity contribution >= 4 is 28.8 Å². The molecule has 0 radical (unpaired) electrons. The molecule has 36 heavy (non-hydrogen) atoms. The van der Waals surface area contributed by atoms with Crippen LogP contribution < -0.4 is 9.64 Å². The van der Waals surface area contributed by atoms with Gasteiger partial charge in [-0.1, -0.05) is 18.2 Å². The lowest BCUT2D eigenvalue weighted by molar-refractivity contribution is -0.130. The first-order valence-electron chi connectivity index (χ1n) is 11.8. The average Bonchev–Trinajstić information content (AvgIpc) is 3.52. The number of benzene rings is 1. The van der Waals surface area contributed by atoms with Gasteiger partial charge < -0.3 is 33.7 Å². The van der Waals surface area contributed by atoms with Gasteiger partial charge in [0.1, 0.15) is 18.3 Å². The zero-order valence-electron chi connectivity index (χ0n) is 19.8. The molecule has 2 aromatic rings. The van der Waals surface area contributed by atoms with Crippen LogP contribution in [-0.4, -0.2) is 60.0 Å². The van der Waals surface area contributed by atoms with E-state index >= 15 is 0 Å². The Morgan fingerprint density at radius 3 is 2.69 bits per heavy atom. The minimum absolute atomic E-state index is 0.0930. The second-order valence-electron chi connectivity index (χ2n) is 8.65. The molecule has 0 unspecified atom stereocenters. The van der Waals surface area contributed by atoms with Gasteiger partial charge >= 0.3 is 5.97 Å². The third-order valence-electron chi connectivity index (χ3n) is 6.34. The van der Waals surface area contributed by atoms with Gasteiger partial charge in [0.2, 0.25) is 11.7 Å². The standard InChI is InChI=1S/C26H25N5O5/c1-33-18-7-8-19-20(13-18)29-26(28-19)31-11-9-30(10-12-31)14-21-25(32)36-24(27-21)23-16-34-22(15-35-23)17-5-3-2-4-6-17/h2-3,5,7-8,13-16H,4,6,9-12H2,1H3,(H,28,29). The van der Waals surface area contributed by atoms with Crippen LogP contribution in [0.1, 0.15) is 12.8 Å². The minimum atomic E-state index is -0.516. The number of aromatic nitrogens is 2. The summed E-state index contributed by atoms with van der Waals surface area (Å²) in [7, 11) is 1.65. The van der Waals surface area contributed by atoms with Crippen LogP contribution in [0.4, 0.5) is 5.95 Å². The smallest absolute Gasteiger partial charge is 0.365 e. The maximum Gasteiger partial charge on any atom is 0.365 e. The molecule has 1 aromatic heterocycles. The third-order valence-corrected chi connectivity index (χ3v) is 6.34. The van der Waals surface area contributed by atoms with Crippen molar-refractivity contribution in [2.24, 2.45) is 4.99 Å². The Bertz CT molecular complexity index is 1390. The Balaban J connectivity index is 1.08. The number of hydrogen-bond donors (Lipinski definition) is 1. The minimum Gasteiger partial charge on any atom is -0.497 e. The van der Waals surface area contributed by atoms with E-state index in [1.807, 2.05) is 30.4 Å². The van der Waals surface area contributed by atoms with Crippen LogP contribution in [0.25, 0.3) is 11.0 Å². The van der Waals surface area contributed by atoms with Crippen LogP contribution in [0.3, 0.4) is 0 Å². The number of hydrogen-bond acceptors (Lipinski definition) is 9. The number of nitrogens with one attached hydrogen (secondary N) is 1.